The maximum Gasteiger partial charge on any atom is 0.408 e. The number of ether oxygens (including phenoxy) is 1. The van der Waals surface area contributed by atoms with Crippen LogP contribution >= 0.6 is 0 Å². The van der Waals surface area contributed by atoms with Gasteiger partial charge in [0.15, 0.2) is 0 Å². The van der Waals surface area contributed by atoms with E-state index in [-0.39, 0.29) is 0 Å². The number of rotatable bonds is 7. The Morgan fingerprint density at radius 2 is 1.57 bits per heavy atom. The molecule has 0 aromatic rings. The molecule has 1 rings (SSSR count). The van der Waals surface area contributed by atoms with Crippen LogP contribution in [0.15, 0.2) is 0 Å². The van der Waals surface area contributed by atoms with Crippen LogP contribution in [0.1, 0.15) is 54.4 Å². The second-order valence-corrected chi connectivity index (χ2v) is 8.42. The number of nitrogens with two attached hydrogens (primary N) is 1. The first-order chi connectivity index (χ1) is 13.7. The van der Waals surface area contributed by atoms with Crippen LogP contribution in [0.2, 0.25) is 0 Å². The average molecular weight is 428 g/mol. The van der Waals surface area contributed by atoms with Gasteiger partial charge in [-0.15, -0.1) is 0 Å². The Hall–Kier alpha value is -2.85. The van der Waals surface area contributed by atoms with Crippen LogP contribution in [0.5, 0.6) is 0 Å². The van der Waals surface area contributed by atoms with Gasteiger partial charge in [0.1, 0.15) is 29.8 Å². The van der Waals surface area contributed by atoms with Gasteiger partial charge < -0.3 is 31.3 Å². The molecule has 0 aromatic carbocycles. The molecule has 0 radical (unpaired) electrons. The van der Waals surface area contributed by atoms with Crippen molar-refractivity contribution < 1.29 is 28.7 Å². The molecule has 0 aliphatic carbocycles. The van der Waals surface area contributed by atoms with E-state index in [9.17, 15) is 24.0 Å². The number of hydrogen-bond acceptors (Lipinski definition) is 6. The highest BCUT2D eigenvalue weighted by Gasteiger charge is 2.37. The van der Waals surface area contributed by atoms with E-state index in [2.05, 4.69) is 16.0 Å². The topological polar surface area (TPSA) is 160 Å². The summed E-state index contributed by atoms with van der Waals surface area (Å²) in [4.78, 5) is 61.8. The molecule has 1 heterocycles. The summed E-state index contributed by atoms with van der Waals surface area (Å²) in [5.74, 6) is -2.14. The molecule has 5 N–H and O–H groups in total. The van der Waals surface area contributed by atoms with Crippen LogP contribution in [0.25, 0.3) is 0 Å². The molecule has 11 heteroatoms. The van der Waals surface area contributed by atoms with E-state index >= 15 is 0 Å². The largest absolute Gasteiger partial charge is 0.444 e. The van der Waals surface area contributed by atoms with E-state index in [0.29, 0.717) is 19.4 Å². The summed E-state index contributed by atoms with van der Waals surface area (Å²) in [7, 11) is 0. The molecule has 0 saturated carbocycles. The van der Waals surface area contributed by atoms with Crippen LogP contribution in [-0.4, -0.2) is 70.9 Å². The van der Waals surface area contributed by atoms with E-state index < -0.39 is 59.5 Å². The number of carbonyl (C=O) groups excluding carboxylic acids is 5. The number of hydrogen-bond donors (Lipinski definition) is 4. The number of likely N-dealkylation sites (tertiary alicyclic amines) is 1. The smallest absolute Gasteiger partial charge is 0.408 e. The third-order valence-electron chi connectivity index (χ3n) is 4.48. The lowest BCUT2D eigenvalue weighted by atomic mass is 10.1. The Labute approximate surface area is 176 Å². The Balaban J connectivity index is 2.65. The van der Waals surface area contributed by atoms with Gasteiger partial charge in [0.25, 0.3) is 0 Å². The van der Waals surface area contributed by atoms with E-state index in [1.165, 1.54) is 25.7 Å². The van der Waals surface area contributed by atoms with Gasteiger partial charge in [0, 0.05) is 6.54 Å². The Kier molecular flexibility index (Phi) is 8.61. The zero-order valence-electron chi connectivity index (χ0n) is 18.4. The number of nitrogens with zero attached hydrogens (tertiary/aromatic N) is 1. The summed E-state index contributed by atoms with van der Waals surface area (Å²) in [6.45, 7) is 9.88. The predicted octanol–water partition coefficient (Wildman–Crippen LogP) is -0.615. The standard InChI is InChI=1S/C19H33N5O6/c1-10(14(20)25)21-16(27)13-8-7-9-24(13)17(28)12(3)22-15(26)11(2)23-18(29)30-19(4,5)6/h10-13H,7-9H2,1-6H3,(H2,20,25)(H,21,27)(H,22,26)(H,23,29). The lowest BCUT2D eigenvalue weighted by Gasteiger charge is -2.28. The van der Waals surface area contributed by atoms with Gasteiger partial charge in [0.2, 0.25) is 23.6 Å². The fraction of sp³-hybridized carbons (Fsp3) is 0.737. The van der Waals surface area contributed by atoms with Gasteiger partial charge in [-0.25, -0.2) is 4.79 Å². The summed E-state index contributed by atoms with van der Waals surface area (Å²) in [6, 6.07) is -3.44. The number of carbonyl (C=O) groups is 5. The quantitative estimate of drug-likeness (QED) is 0.424. The summed E-state index contributed by atoms with van der Waals surface area (Å²) in [6.07, 6.45) is 0.316. The van der Waals surface area contributed by atoms with Crippen molar-refractivity contribution in [1.82, 2.24) is 20.9 Å². The van der Waals surface area contributed by atoms with Crippen LogP contribution in [0.3, 0.4) is 0 Å². The molecule has 0 aromatic heterocycles. The van der Waals surface area contributed by atoms with Gasteiger partial charge in [-0.05, 0) is 54.4 Å². The van der Waals surface area contributed by atoms with Gasteiger partial charge in [-0.2, -0.15) is 0 Å². The molecular formula is C19H33N5O6. The first-order valence-electron chi connectivity index (χ1n) is 9.93. The Morgan fingerprint density at radius 3 is 2.10 bits per heavy atom. The van der Waals surface area contributed by atoms with Gasteiger partial charge >= 0.3 is 6.09 Å². The van der Waals surface area contributed by atoms with Crippen molar-refractivity contribution in [2.75, 3.05) is 6.54 Å². The fourth-order valence-corrected chi connectivity index (χ4v) is 2.88. The monoisotopic (exact) mass is 427 g/mol. The van der Waals surface area contributed by atoms with Gasteiger partial charge in [-0.3, -0.25) is 19.2 Å². The van der Waals surface area contributed by atoms with Crippen LogP contribution in [0.4, 0.5) is 4.79 Å². The molecule has 170 valence electrons. The van der Waals surface area contributed by atoms with Crippen LogP contribution in [-0.2, 0) is 23.9 Å². The first-order valence-corrected chi connectivity index (χ1v) is 9.93. The lowest BCUT2D eigenvalue weighted by Crippen LogP contribution is -2.56. The second-order valence-electron chi connectivity index (χ2n) is 8.42. The van der Waals surface area contributed by atoms with Crippen LogP contribution < -0.4 is 21.7 Å². The Morgan fingerprint density at radius 1 is 0.967 bits per heavy atom. The highest BCUT2D eigenvalue weighted by atomic mass is 16.6. The molecule has 0 spiro atoms. The van der Waals surface area contributed by atoms with Crippen molar-refractivity contribution in [1.29, 1.82) is 0 Å². The SMILES string of the molecule is CC(NC(=O)C1CCCN1C(=O)C(C)NC(=O)C(C)NC(=O)OC(C)(C)C)C(N)=O. The molecule has 4 atom stereocenters. The molecule has 1 aliphatic rings. The third-order valence-corrected chi connectivity index (χ3v) is 4.48. The van der Waals surface area contributed by atoms with Crippen molar-refractivity contribution in [2.45, 2.75) is 84.2 Å². The molecule has 0 bridgehead atoms. The van der Waals surface area contributed by atoms with Gasteiger partial charge in [-0.1, -0.05) is 0 Å². The molecule has 1 saturated heterocycles. The predicted molar refractivity (Wildman–Crippen MR) is 108 cm³/mol. The van der Waals surface area contributed by atoms with Gasteiger partial charge in [0.05, 0.1) is 0 Å². The highest BCUT2D eigenvalue weighted by molar-refractivity contribution is 5.95. The first kappa shape index (κ1) is 25.2. The zero-order chi connectivity index (χ0) is 23.2. The molecule has 11 nitrogen and oxygen atoms in total. The van der Waals surface area contributed by atoms with E-state index in [0.717, 1.165) is 0 Å². The normalized spacial score (nSPS) is 19.3. The minimum atomic E-state index is -0.927. The zero-order valence-corrected chi connectivity index (χ0v) is 18.4. The number of nitrogens with one attached hydrogen (secondary N) is 3. The molecular weight excluding hydrogens is 394 g/mol. The van der Waals surface area contributed by atoms with Crippen molar-refractivity contribution in [3.8, 4) is 0 Å². The highest BCUT2D eigenvalue weighted by Crippen LogP contribution is 2.19. The van der Waals surface area contributed by atoms with Crippen molar-refractivity contribution in [3.63, 3.8) is 0 Å². The lowest BCUT2D eigenvalue weighted by molar-refractivity contribution is -0.141. The number of amides is 5. The summed E-state index contributed by atoms with van der Waals surface area (Å²) in [5.41, 5.74) is 4.45. The van der Waals surface area contributed by atoms with Crippen molar-refractivity contribution in [2.24, 2.45) is 5.73 Å². The second kappa shape index (κ2) is 10.3. The molecule has 4 unspecified atom stereocenters. The maximum absolute atomic E-state index is 12.8. The summed E-state index contributed by atoms with van der Waals surface area (Å²) < 4.78 is 5.10. The molecule has 1 fully saturated rings. The third kappa shape index (κ3) is 7.53. The molecule has 5 amide bonds. The minimum Gasteiger partial charge on any atom is -0.444 e. The molecule has 1 aliphatic heterocycles. The average Bonchev–Trinajstić information content (AvgIpc) is 3.08. The van der Waals surface area contributed by atoms with E-state index in [1.54, 1.807) is 20.8 Å². The Bertz CT molecular complexity index is 689. The van der Waals surface area contributed by atoms with E-state index in [4.69, 9.17) is 10.5 Å². The van der Waals surface area contributed by atoms with Crippen molar-refractivity contribution >= 4 is 29.7 Å². The van der Waals surface area contributed by atoms with Crippen LogP contribution in [0, 0.1) is 0 Å². The van der Waals surface area contributed by atoms with Crippen molar-refractivity contribution in [3.05, 3.63) is 0 Å². The minimum absolute atomic E-state index is 0.355. The molecule has 30 heavy (non-hydrogen) atoms. The van der Waals surface area contributed by atoms with E-state index in [1.807, 2.05) is 0 Å². The number of alkyl carbamates (subject to hydrolysis) is 1. The summed E-state index contributed by atoms with van der Waals surface area (Å²) >= 11 is 0. The number of primary amides is 1. The summed E-state index contributed by atoms with van der Waals surface area (Å²) in [5, 5.41) is 7.43. The maximum atomic E-state index is 12.8. The fourth-order valence-electron chi connectivity index (χ4n) is 2.88.